The van der Waals surface area contributed by atoms with Gasteiger partial charge in [0.15, 0.2) is 0 Å². The molecule has 6 nitrogen and oxygen atoms in total. The Labute approximate surface area is 141 Å². The summed E-state index contributed by atoms with van der Waals surface area (Å²) < 4.78 is 5.19. The predicted molar refractivity (Wildman–Crippen MR) is 94.6 cm³/mol. The van der Waals surface area contributed by atoms with E-state index in [1.165, 1.54) is 5.69 Å². The summed E-state index contributed by atoms with van der Waals surface area (Å²) in [4.78, 5) is 18.3. The Kier molecular flexibility index (Phi) is 5.15. The second-order valence-electron chi connectivity index (χ2n) is 5.80. The van der Waals surface area contributed by atoms with E-state index in [4.69, 9.17) is 4.74 Å². The number of aromatic nitrogens is 1. The van der Waals surface area contributed by atoms with Crippen molar-refractivity contribution in [3.8, 4) is 5.75 Å². The van der Waals surface area contributed by atoms with Gasteiger partial charge in [-0.05, 0) is 49.2 Å². The van der Waals surface area contributed by atoms with Gasteiger partial charge in [-0.15, -0.1) is 0 Å². The van der Waals surface area contributed by atoms with Crippen LogP contribution in [0.3, 0.4) is 0 Å². The number of pyridine rings is 1. The fourth-order valence-corrected chi connectivity index (χ4v) is 2.86. The average molecular weight is 326 g/mol. The number of rotatable bonds is 4. The molecule has 0 unspecified atom stereocenters. The molecule has 0 atom stereocenters. The van der Waals surface area contributed by atoms with E-state index in [1.54, 1.807) is 25.6 Å². The molecule has 0 saturated carbocycles. The number of nitrogens with one attached hydrogen (secondary N) is 2. The van der Waals surface area contributed by atoms with Gasteiger partial charge >= 0.3 is 6.03 Å². The lowest BCUT2D eigenvalue weighted by atomic mass is 10.0. The normalized spacial score (nSPS) is 15.0. The number of ether oxygens (including phenoxy) is 1. The number of anilines is 2. The molecule has 24 heavy (non-hydrogen) atoms. The highest BCUT2D eigenvalue weighted by atomic mass is 16.5. The Balaban J connectivity index is 1.47. The van der Waals surface area contributed by atoms with Crippen LogP contribution in [-0.4, -0.2) is 37.3 Å². The van der Waals surface area contributed by atoms with E-state index in [2.05, 4.69) is 32.7 Å². The minimum Gasteiger partial charge on any atom is -0.497 e. The topological polar surface area (TPSA) is 66.5 Å². The first-order chi connectivity index (χ1) is 11.7. The summed E-state index contributed by atoms with van der Waals surface area (Å²) in [6.07, 6.45) is 5.16. The molecule has 2 heterocycles. The quantitative estimate of drug-likeness (QED) is 0.907. The Morgan fingerprint density at radius 3 is 2.58 bits per heavy atom. The number of hydrogen-bond donors (Lipinski definition) is 2. The lowest BCUT2D eigenvalue weighted by Crippen LogP contribution is -2.46. The summed E-state index contributed by atoms with van der Waals surface area (Å²) in [5.41, 5.74) is 1.89. The average Bonchev–Trinajstić information content (AvgIpc) is 2.63. The van der Waals surface area contributed by atoms with Crippen LogP contribution in [0, 0.1) is 0 Å². The highest BCUT2D eigenvalue weighted by Gasteiger charge is 2.21. The number of nitrogens with zero attached hydrogens (tertiary/aromatic N) is 2. The van der Waals surface area contributed by atoms with Gasteiger partial charge in [0.25, 0.3) is 0 Å². The fourth-order valence-electron chi connectivity index (χ4n) is 2.86. The number of amides is 2. The molecule has 1 aromatic carbocycles. The molecule has 1 aliphatic rings. The first kappa shape index (κ1) is 16.1. The SMILES string of the molecule is COc1ccc(N2CCC(NC(=O)Nc3cccnc3)CC2)cc1. The number of methoxy groups -OCH3 is 1. The summed E-state index contributed by atoms with van der Waals surface area (Å²) in [5.74, 6) is 0.863. The molecule has 6 heteroatoms. The largest absolute Gasteiger partial charge is 0.497 e. The van der Waals surface area contributed by atoms with Crippen LogP contribution in [-0.2, 0) is 0 Å². The first-order valence-corrected chi connectivity index (χ1v) is 8.11. The number of carbonyl (C=O) groups excluding carboxylic acids is 1. The molecule has 126 valence electrons. The van der Waals surface area contributed by atoms with Crippen molar-refractivity contribution in [1.29, 1.82) is 0 Å². The fraction of sp³-hybridized carbons (Fsp3) is 0.333. The van der Waals surface area contributed by atoms with Crippen LogP contribution in [0.4, 0.5) is 16.2 Å². The Morgan fingerprint density at radius 1 is 1.21 bits per heavy atom. The minimum absolute atomic E-state index is 0.175. The van der Waals surface area contributed by atoms with Crippen LogP contribution >= 0.6 is 0 Å². The molecule has 3 rings (SSSR count). The number of piperidine rings is 1. The van der Waals surface area contributed by atoms with Crippen molar-refractivity contribution in [2.75, 3.05) is 30.4 Å². The molecule has 0 bridgehead atoms. The van der Waals surface area contributed by atoms with Gasteiger partial charge in [0.1, 0.15) is 5.75 Å². The summed E-state index contributed by atoms with van der Waals surface area (Å²) >= 11 is 0. The van der Waals surface area contributed by atoms with Crippen LogP contribution < -0.4 is 20.3 Å². The van der Waals surface area contributed by atoms with Crippen LogP contribution in [0.1, 0.15) is 12.8 Å². The van der Waals surface area contributed by atoms with Gasteiger partial charge < -0.3 is 20.3 Å². The van der Waals surface area contributed by atoms with E-state index < -0.39 is 0 Å². The monoisotopic (exact) mass is 326 g/mol. The summed E-state index contributed by atoms with van der Waals surface area (Å²) in [7, 11) is 1.67. The van der Waals surface area contributed by atoms with E-state index >= 15 is 0 Å². The van der Waals surface area contributed by atoms with E-state index in [1.807, 2.05) is 18.2 Å². The molecule has 1 aliphatic heterocycles. The van der Waals surface area contributed by atoms with Crippen LogP contribution in [0.5, 0.6) is 5.75 Å². The molecule has 2 aromatic rings. The van der Waals surface area contributed by atoms with Crippen molar-refractivity contribution in [3.63, 3.8) is 0 Å². The predicted octanol–water partition coefficient (Wildman–Crippen LogP) is 2.88. The van der Waals surface area contributed by atoms with E-state index in [9.17, 15) is 4.79 Å². The van der Waals surface area contributed by atoms with Crippen LogP contribution in [0.25, 0.3) is 0 Å². The van der Waals surface area contributed by atoms with E-state index in [0.717, 1.165) is 31.7 Å². The van der Waals surface area contributed by atoms with Gasteiger partial charge in [-0.1, -0.05) is 0 Å². The second kappa shape index (κ2) is 7.68. The standard InChI is InChI=1S/C18H22N4O2/c1-24-17-6-4-16(5-7-17)22-11-8-14(9-12-22)20-18(23)21-15-3-2-10-19-13-15/h2-7,10,13-14H,8-9,11-12H2,1H3,(H2,20,21,23). The smallest absolute Gasteiger partial charge is 0.319 e. The minimum atomic E-state index is -0.175. The maximum absolute atomic E-state index is 12.0. The molecule has 0 spiro atoms. The van der Waals surface area contributed by atoms with E-state index in [-0.39, 0.29) is 12.1 Å². The molecule has 1 aromatic heterocycles. The van der Waals surface area contributed by atoms with Crippen molar-refractivity contribution in [2.24, 2.45) is 0 Å². The lowest BCUT2D eigenvalue weighted by molar-refractivity contribution is 0.246. The van der Waals surface area contributed by atoms with Crippen LogP contribution in [0.2, 0.25) is 0 Å². The summed E-state index contributed by atoms with van der Waals surface area (Å²) in [6.45, 7) is 1.84. The third-order valence-corrected chi connectivity index (χ3v) is 4.19. The van der Waals surface area contributed by atoms with Crippen molar-refractivity contribution in [3.05, 3.63) is 48.8 Å². The van der Waals surface area contributed by atoms with Gasteiger partial charge in [0.05, 0.1) is 19.0 Å². The summed E-state index contributed by atoms with van der Waals surface area (Å²) in [6, 6.07) is 11.7. The third kappa shape index (κ3) is 4.16. The molecule has 2 amide bonds. The van der Waals surface area contributed by atoms with Crippen LogP contribution in [0.15, 0.2) is 48.8 Å². The highest BCUT2D eigenvalue weighted by molar-refractivity contribution is 5.89. The van der Waals surface area contributed by atoms with Gasteiger partial charge in [0.2, 0.25) is 0 Å². The number of benzene rings is 1. The third-order valence-electron chi connectivity index (χ3n) is 4.19. The molecule has 0 aliphatic carbocycles. The molecule has 1 saturated heterocycles. The van der Waals surface area contributed by atoms with Gasteiger partial charge in [0, 0.05) is 31.0 Å². The zero-order valence-corrected chi connectivity index (χ0v) is 13.7. The molecular weight excluding hydrogens is 304 g/mol. The maximum Gasteiger partial charge on any atom is 0.319 e. The maximum atomic E-state index is 12.0. The molecular formula is C18H22N4O2. The Bertz CT molecular complexity index is 652. The second-order valence-corrected chi connectivity index (χ2v) is 5.80. The Morgan fingerprint density at radius 2 is 1.96 bits per heavy atom. The zero-order chi connectivity index (χ0) is 16.8. The zero-order valence-electron chi connectivity index (χ0n) is 13.7. The highest BCUT2D eigenvalue weighted by Crippen LogP contribution is 2.22. The number of urea groups is 1. The summed E-state index contributed by atoms with van der Waals surface area (Å²) in [5, 5.41) is 5.84. The lowest BCUT2D eigenvalue weighted by Gasteiger charge is -2.34. The van der Waals surface area contributed by atoms with Gasteiger partial charge in [-0.2, -0.15) is 0 Å². The number of hydrogen-bond acceptors (Lipinski definition) is 4. The van der Waals surface area contributed by atoms with Crippen molar-refractivity contribution < 1.29 is 9.53 Å². The molecule has 2 N–H and O–H groups in total. The van der Waals surface area contributed by atoms with Gasteiger partial charge in [-0.25, -0.2) is 4.79 Å². The van der Waals surface area contributed by atoms with Gasteiger partial charge in [-0.3, -0.25) is 4.98 Å². The first-order valence-electron chi connectivity index (χ1n) is 8.11. The number of carbonyl (C=O) groups is 1. The van der Waals surface area contributed by atoms with E-state index in [0.29, 0.717) is 5.69 Å². The van der Waals surface area contributed by atoms with Crippen molar-refractivity contribution >= 4 is 17.4 Å². The van der Waals surface area contributed by atoms with Crippen molar-refractivity contribution in [2.45, 2.75) is 18.9 Å². The molecule has 1 fully saturated rings. The Hall–Kier alpha value is -2.76. The molecule has 0 radical (unpaired) electrons. The van der Waals surface area contributed by atoms with Crippen molar-refractivity contribution in [1.82, 2.24) is 10.3 Å².